The average Bonchev–Trinajstić information content (AvgIpc) is 3.53. The Kier molecular flexibility index (Phi) is 6.43. The molecule has 0 aliphatic rings. The summed E-state index contributed by atoms with van der Waals surface area (Å²) in [6, 6.07) is 54.6. The maximum atomic E-state index is 6.07. The third kappa shape index (κ3) is 4.93. The zero-order valence-corrected chi connectivity index (χ0v) is 25.3. The van der Waals surface area contributed by atoms with Gasteiger partial charge >= 0.3 is 0 Å². The lowest BCUT2D eigenvalue weighted by molar-refractivity contribution is 0.654. The van der Waals surface area contributed by atoms with E-state index in [9.17, 15) is 0 Å². The summed E-state index contributed by atoms with van der Waals surface area (Å²) in [4.78, 5) is 15.0. The van der Waals surface area contributed by atoms with E-state index in [1.807, 2.05) is 60.8 Å². The van der Waals surface area contributed by atoms with Crippen molar-refractivity contribution in [3.05, 3.63) is 164 Å². The van der Waals surface area contributed by atoms with Gasteiger partial charge < -0.3 is 4.42 Å². The smallest absolute Gasteiger partial charge is 0.227 e. The van der Waals surface area contributed by atoms with Crippen LogP contribution in [-0.2, 0) is 0 Å². The van der Waals surface area contributed by atoms with E-state index in [0.29, 0.717) is 11.5 Å². The van der Waals surface area contributed by atoms with E-state index < -0.39 is 0 Å². The van der Waals surface area contributed by atoms with Crippen LogP contribution in [0.1, 0.15) is 0 Å². The molecule has 220 valence electrons. The maximum absolute atomic E-state index is 6.07. The standard InChI is InChI=1S/C43H27N3O/c1-3-12-29(13-4-1)39-26-40(46-42(45-39)30-14-5-2-6-15-30)37-24-33(32-20-19-28-11-7-8-16-31(28)23-32)21-22-35(37)34-25-38-36-17-9-10-18-41(36)47-43(38)44-27-34/h1-27H. The Hall–Kier alpha value is -6.39. The summed E-state index contributed by atoms with van der Waals surface area (Å²) in [6.07, 6.45) is 1.90. The Morgan fingerprint density at radius 3 is 1.94 bits per heavy atom. The second-order valence-corrected chi connectivity index (χ2v) is 11.7. The molecule has 3 heterocycles. The molecule has 0 saturated carbocycles. The summed E-state index contributed by atoms with van der Waals surface area (Å²) in [5.41, 5.74) is 10.4. The zero-order chi connectivity index (χ0) is 31.2. The number of benzene rings is 6. The van der Waals surface area contributed by atoms with Crippen LogP contribution < -0.4 is 0 Å². The molecule has 0 N–H and O–H groups in total. The Bertz CT molecular complexity index is 2510. The van der Waals surface area contributed by atoms with Crippen LogP contribution in [0.2, 0.25) is 0 Å². The molecule has 0 amide bonds. The van der Waals surface area contributed by atoms with Crippen molar-refractivity contribution in [2.24, 2.45) is 0 Å². The van der Waals surface area contributed by atoms with E-state index in [1.165, 1.54) is 10.8 Å². The second kappa shape index (κ2) is 11.2. The van der Waals surface area contributed by atoms with Crippen molar-refractivity contribution in [1.82, 2.24) is 15.0 Å². The van der Waals surface area contributed by atoms with Crippen molar-refractivity contribution in [2.75, 3.05) is 0 Å². The van der Waals surface area contributed by atoms with Crippen molar-refractivity contribution in [3.8, 4) is 56.2 Å². The summed E-state index contributed by atoms with van der Waals surface area (Å²) < 4.78 is 6.07. The highest BCUT2D eigenvalue weighted by atomic mass is 16.3. The van der Waals surface area contributed by atoms with Crippen LogP contribution in [-0.4, -0.2) is 15.0 Å². The fraction of sp³-hybridized carbons (Fsp3) is 0. The largest absolute Gasteiger partial charge is 0.438 e. The molecular weight excluding hydrogens is 574 g/mol. The maximum Gasteiger partial charge on any atom is 0.227 e. The predicted octanol–water partition coefficient (Wildman–Crippen LogP) is 11.3. The number of para-hydroxylation sites is 1. The molecule has 4 heteroatoms. The molecule has 0 unspecified atom stereocenters. The van der Waals surface area contributed by atoms with Crippen LogP contribution >= 0.6 is 0 Å². The number of aromatic nitrogens is 3. The minimum Gasteiger partial charge on any atom is -0.438 e. The van der Waals surface area contributed by atoms with Gasteiger partial charge in [0.2, 0.25) is 5.71 Å². The number of rotatable bonds is 5. The molecule has 6 aromatic carbocycles. The molecule has 0 spiro atoms. The summed E-state index contributed by atoms with van der Waals surface area (Å²) >= 11 is 0. The summed E-state index contributed by atoms with van der Waals surface area (Å²) in [7, 11) is 0. The van der Waals surface area contributed by atoms with Crippen molar-refractivity contribution in [1.29, 1.82) is 0 Å². The first-order valence-corrected chi connectivity index (χ1v) is 15.7. The Balaban J connectivity index is 1.30. The van der Waals surface area contributed by atoms with Gasteiger partial charge in [0.25, 0.3) is 0 Å². The van der Waals surface area contributed by atoms with Gasteiger partial charge in [0.15, 0.2) is 5.82 Å². The number of pyridine rings is 1. The zero-order valence-electron chi connectivity index (χ0n) is 25.3. The lowest BCUT2D eigenvalue weighted by Gasteiger charge is -2.15. The summed E-state index contributed by atoms with van der Waals surface area (Å²) in [6.45, 7) is 0. The van der Waals surface area contributed by atoms with E-state index >= 15 is 0 Å². The van der Waals surface area contributed by atoms with Crippen LogP contribution in [0.25, 0.3) is 89.0 Å². The van der Waals surface area contributed by atoms with Gasteiger partial charge in [0, 0.05) is 39.2 Å². The monoisotopic (exact) mass is 601 g/mol. The van der Waals surface area contributed by atoms with E-state index in [4.69, 9.17) is 19.4 Å². The van der Waals surface area contributed by atoms with Gasteiger partial charge in [-0.05, 0) is 57.8 Å². The molecule has 0 saturated heterocycles. The van der Waals surface area contributed by atoms with E-state index in [1.54, 1.807) is 0 Å². The molecule has 0 bridgehead atoms. The number of furan rings is 1. The SMILES string of the molecule is c1ccc(-c2cc(-c3cc(-c4ccc5ccccc5c4)ccc3-c3cnc4oc5ccccc5c4c3)nc(-c3ccccc3)n2)cc1. The molecule has 47 heavy (non-hydrogen) atoms. The van der Waals surface area contributed by atoms with Crippen LogP contribution in [0.4, 0.5) is 0 Å². The number of fused-ring (bicyclic) bond motifs is 4. The lowest BCUT2D eigenvalue weighted by atomic mass is 9.92. The van der Waals surface area contributed by atoms with Crippen LogP contribution in [0.5, 0.6) is 0 Å². The van der Waals surface area contributed by atoms with Gasteiger partial charge in [-0.15, -0.1) is 0 Å². The molecule has 0 atom stereocenters. The van der Waals surface area contributed by atoms with Gasteiger partial charge in [-0.25, -0.2) is 15.0 Å². The Labute approximate surface area is 271 Å². The number of nitrogens with zero attached hydrogens (tertiary/aromatic N) is 3. The average molecular weight is 602 g/mol. The van der Waals surface area contributed by atoms with E-state index in [2.05, 4.69) is 103 Å². The van der Waals surface area contributed by atoms with Crippen LogP contribution in [0, 0.1) is 0 Å². The third-order valence-electron chi connectivity index (χ3n) is 8.75. The fourth-order valence-corrected chi connectivity index (χ4v) is 6.37. The molecule has 0 fully saturated rings. The topological polar surface area (TPSA) is 51.8 Å². The van der Waals surface area contributed by atoms with Crippen molar-refractivity contribution < 1.29 is 4.42 Å². The van der Waals surface area contributed by atoms with E-state index in [-0.39, 0.29) is 0 Å². The first-order valence-electron chi connectivity index (χ1n) is 15.7. The van der Waals surface area contributed by atoms with Crippen molar-refractivity contribution >= 4 is 32.8 Å². The number of hydrogen-bond donors (Lipinski definition) is 0. The highest BCUT2D eigenvalue weighted by molar-refractivity contribution is 6.05. The Morgan fingerprint density at radius 1 is 0.404 bits per heavy atom. The van der Waals surface area contributed by atoms with Gasteiger partial charge in [0.1, 0.15) is 5.58 Å². The quantitative estimate of drug-likeness (QED) is 0.197. The first kappa shape index (κ1) is 27.0. The first-order chi connectivity index (χ1) is 23.3. The van der Waals surface area contributed by atoms with Gasteiger partial charge in [-0.1, -0.05) is 127 Å². The normalized spacial score (nSPS) is 11.4. The molecule has 3 aromatic heterocycles. The van der Waals surface area contributed by atoms with Gasteiger partial charge in [0.05, 0.1) is 11.4 Å². The molecule has 9 rings (SSSR count). The number of hydrogen-bond acceptors (Lipinski definition) is 4. The van der Waals surface area contributed by atoms with Crippen molar-refractivity contribution in [3.63, 3.8) is 0 Å². The van der Waals surface area contributed by atoms with Crippen LogP contribution in [0.15, 0.2) is 168 Å². The van der Waals surface area contributed by atoms with E-state index in [0.717, 1.165) is 66.7 Å². The lowest BCUT2D eigenvalue weighted by Crippen LogP contribution is -1.97. The predicted molar refractivity (Wildman–Crippen MR) is 192 cm³/mol. The molecule has 9 aromatic rings. The van der Waals surface area contributed by atoms with Crippen LogP contribution in [0.3, 0.4) is 0 Å². The minimum atomic E-state index is 0.629. The minimum absolute atomic E-state index is 0.629. The van der Waals surface area contributed by atoms with Gasteiger partial charge in [-0.2, -0.15) is 0 Å². The highest BCUT2D eigenvalue weighted by Crippen LogP contribution is 2.39. The third-order valence-corrected chi connectivity index (χ3v) is 8.75. The molecule has 0 aliphatic heterocycles. The molecule has 0 aliphatic carbocycles. The van der Waals surface area contributed by atoms with Crippen molar-refractivity contribution in [2.45, 2.75) is 0 Å². The second-order valence-electron chi connectivity index (χ2n) is 11.7. The Morgan fingerprint density at radius 2 is 1.09 bits per heavy atom. The molecule has 4 nitrogen and oxygen atoms in total. The molecular formula is C43H27N3O. The van der Waals surface area contributed by atoms with Gasteiger partial charge in [-0.3, -0.25) is 0 Å². The fourth-order valence-electron chi connectivity index (χ4n) is 6.37. The molecule has 0 radical (unpaired) electrons. The highest BCUT2D eigenvalue weighted by Gasteiger charge is 2.17. The summed E-state index contributed by atoms with van der Waals surface area (Å²) in [5, 5.41) is 4.46. The summed E-state index contributed by atoms with van der Waals surface area (Å²) in [5.74, 6) is 0.679.